The van der Waals surface area contributed by atoms with Crippen molar-refractivity contribution in [2.45, 2.75) is 40.3 Å². The van der Waals surface area contributed by atoms with E-state index in [0.29, 0.717) is 5.92 Å². The Morgan fingerprint density at radius 2 is 1.82 bits per heavy atom. The van der Waals surface area contributed by atoms with E-state index >= 15 is 0 Å². The average Bonchev–Trinajstić information content (AvgIpc) is 2.49. The molecular formula is C19H26N2O. The molecule has 0 atom stereocenters. The molecule has 1 aromatic heterocycles. The molecule has 0 aliphatic carbocycles. The second kappa shape index (κ2) is 8.54. The molecule has 3 heteroatoms. The summed E-state index contributed by atoms with van der Waals surface area (Å²) in [7, 11) is 0. The van der Waals surface area contributed by atoms with Crippen LogP contribution in [0.25, 0.3) is 0 Å². The molecule has 0 amide bonds. The van der Waals surface area contributed by atoms with Gasteiger partial charge in [0.2, 0.25) is 0 Å². The Hall–Kier alpha value is -1.87. The van der Waals surface area contributed by atoms with Crippen LogP contribution in [-0.2, 0) is 13.1 Å². The summed E-state index contributed by atoms with van der Waals surface area (Å²) < 4.78 is 5.73. The van der Waals surface area contributed by atoms with Crippen LogP contribution >= 0.6 is 0 Å². The summed E-state index contributed by atoms with van der Waals surface area (Å²) in [5, 5.41) is 3.42. The van der Waals surface area contributed by atoms with Gasteiger partial charge in [-0.25, -0.2) is 0 Å². The van der Waals surface area contributed by atoms with Gasteiger partial charge < -0.3 is 10.1 Å². The Balaban J connectivity index is 1.74. The number of hydrogen-bond acceptors (Lipinski definition) is 3. The molecule has 0 spiro atoms. The number of rotatable bonds is 8. The molecule has 2 rings (SSSR count). The van der Waals surface area contributed by atoms with Crippen LogP contribution in [0.2, 0.25) is 0 Å². The number of aryl methyl sites for hydroxylation is 1. The number of ether oxygens (including phenoxy) is 1. The molecule has 0 fully saturated rings. The Kier molecular flexibility index (Phi) is 6.41. The first-order valence-corrected chi connectivity index (χ1v) is 7.98. The van der Waals surface area contributed by atoms with Crippen LogP contribution in [0.15, 0.2) is 42.5 Å². The predicted octanol–water partition coefficient (Wildman–Crippen LogP) is 4.10. The summed E-state index contributed by atoms with van der Waals surface area (Å²) in [4.78, 5) is 4.48. The maximum Gasteiger partial charge on any atom is 0.119 e. The van der Waals surface area contributed by atoms with Crippen LogP contribution in [-0.4, -0.2) is 11.6 Å². The summed E-state index contributed by atoms with van der Waals surface area (Å²) in [6.45, 7) is 8.84. The molecule has 0 bridgehead atoms. The van der Waals surface area contributed by atoms with Gasteiger partial charge in [-0.1, -0.05) is 32.0 Å². The minimum absolute atomic E-state index is 0.679. The van der Waals surface area contributed by atoms with Crippen LogP contribution in [0.3, 0.4) is 0 Å². The first-order chi connectivity index (χ1) is 10.6. The van der Waals surface area contributed by atoms with Gasteiger partial charge in [-0.15, -0.1) is 0 Å². The standard InChI is InChI=1S/C19H26N2O/c1-15(2)11-12-22-19-9-7-17(8-10-19)13-20-14-18-6-4-5-16(3)21-18/h4-10,15,20H,11-14H2,1-3H3. The zero-order valence-corrected chi connectivity index (χ0v) is 13.8. The van der Waals surface area contributed by atoms with Crippen LogP contribution < -0.4 is 10.1 Å². The highest BCUT2D eigenvalue weighted by atomic mass is 16.5. The van der Waals surface area contributed by atoms with E-state index < -0.39 is 0 Å². The monoisotopic (exact) mass is 298 g/mol. The maximum absolute atomic E-state index is 5.73. The predicted molar refractivity (Wildman–Crippen MR) is 90.9 cm³/mol. The van der Waals surface area contributed by atoms with E-state index in [1.165, 1.54) is 5.56 Å². The van der Waals surface area contributed by atoms with Gasteiger partial charge in [-0.2, -0.15) is 0 Å². The second-order valence-corrected chi connectivity index (χ2v) is 6.05. The molecule has 0 radical (unpaired) electrons. The molecule has 0 aliphatic rings. The van der Waals surface area contributed by atoms with Crippen molar-refractivity contribution in [3.05, 3.63) is 59.4 Å². The second-order valence-electron chi connectivity index (χ2n) is 6.05. The van der Waals surface area contributed by atoms with Crippen molar-refractivity contribution in [2.24, 2.45) is 5.92 Å². The third-order valence-electron chi connectivity index (χ3n) is 3.47. The van der Waals surface area contributed by atoms with Gasteiger partial charge in [0.25, 0.3) is 0 Å². The van der Waals surface area contributed by atoms with Crippen molar-refractivity contribution in [3.8, 4) is 5.75 Å². The summed E-state index contributed by atoms with van der Waals surface area (Å²) >= 11 is 0. The van der Waals surface area contributed by atoms with E-state index in [4.69, 9.17) is 4.74 Å². The average molecular weight is 298 g/mol. The first kappa shape index (κ1) is 16.5. The molecule has 0 saturated heterocycles. The van der Waals surface area contributed by atoms with Gasteiger partial charge >= 0.3 is 0 Å². The van der Waals surface area contributed by atoms with E-state index in [0.717, 1.165) is 43.3 Å². The lowest BCUT2D eigenvalue weighted by molar-refractivity contribution is 0.289. The maximum atomic E-state index is 5.73. The minimum Gasteiger partial charge on any atom is -0.494 e. The molecule has 3 nitrogen and oxygen atoms in total. The largest absolute Gasteiger partial charge is 0.494 e. The van der Waals surface area contributed by atoms with Crippen LogP contribution in [0, 0.1) is 12.8 Å². The highest BCUT2D eigenvalue weighted by Crippen LogP contribution is 2.13. The smallest absolute Gasteiger partial charge is 0.119 e. The van der Waals surface area contributed by atoms with E-state index in [-0.39, 0.29) is 0 Å². The van der Waals surface area contributed by atoms with Gasteiger partial charge in [-0.3, -0.25) is 4.98 Å². The Bertz CT molecular complexity index is 564. The number of nitrogens with one attached hydrogen (secondary N) is 1. The molecule has 1 heterocycles. The normalized spacial score (nSPS) is 10.9. The third kappa shape index (κ3) is 5.86. The lowest BCUT2D eigenvalue weighted by atomic mass is 10.1. The number of aromatic nitrogens is 1. The molecule has 0 aliphatic heterocycles. The first-order valence-electron chi connectivity index (χ1n) is 7.98. The van der Waals surface area contributed by atoms with Gasteiger partial charge in [-0.05, 0) is 49.1 Å². The molecule has 118 valence electrons. The fraction of sp³-hybridized carbons (Fsp3) is 0.421. The van der Waals surface area contributed by atoms with Gasteiger partial charge in [0.05, 0.1) is 12.3 Å². The topological polar surface area (TPSA) is 34.1 Å². The van der Waals surface area contributed by atoms with Crippen molar-refractivity contribution < 1.29 is 4.74 Å². The van der Waals surface area contributed by atoms with Crippen molar-refractivity contribution >= 4 is 0 Å². The Morgan fingerprint density at radius 3 is 2.50 bits per heavy atom. The lowest BCUT2D eigenvalue weighted by Crippen LogP contribution is -2.13. The summed E-state index contributed by atoms with van der Waals surface area (Å²) in [5.74, 6) is 1.63. The number of pyridine rings is 1. The van der Waals surface area contributed by atoms with Crippen LogP contribution in [0.4, 0.5) is 0 Å². The van der Waals surface area contributed by atoms with Crippen LogP contribution in [0.1, 0.15) is 37.2 Å². The van der Waals surface area contributed by atoms with Gasteiger partial charge in [0.15, 0.2) is 0 Å². The van der Waals surface area contributed by atoms with E-state index in [2.05, 4.69) is 36.3 Å². The van der Waals surface area contributed by atoms with E-state index in [1.54, 1.807) is 0 Å². The van der Waals surface area contributed by atoms with Crippen molar-refractivity contribution in [1.29, 1.82) is 0 Å². The summed E-state index contributed by atoms with van der Waals surface area (Å²) in [6, 6.07) is 14.4. The molecule has 0 saturated carbocycles. The van der Waals surface area contributed by atoms with E-state index in [1.807, 2.05) is 37.3 Å². The molecular weight excluding hydrogens is 272 g/mol. The molecule has 2 aromatic rings. The van der Waals surface area contributed by atoms with E-state index in [9.17, 15) is 0 Å². The zero-order chi connectivity index (χ0) is 15.8. The number of nitrogens with zero attached hydrogens (tertiary/aromatic N) is 1. The van der Waals surface area contributed by atoms with Crippen molar-refractivity contribution in [2.75, 3.05) is 6.61 Å². The van der Waals surface area contributed by atoms with Gasteiger partial charge in [0, 0.05) is 18.8 Å². The van der Waals surface area contributed by atoms with Crippen molar-refractivity contribution in [1.82, 2.24) is 10.3 Å². The Labute approximate surface area is 133 Å². The fourth-order valence-electron chi connectivity index (χ4n) is 2.15. The minimum atomic E-state index is 0.679. The highest BCUT2D eigenvalue weighted by molar-refractivity contribution is 5.27. The Morgan fingerprint density at radius 1 is 1.05 bits per heavy atom. The third-order valence-corrected chi connectivity index (χ3v) is 3.47. The number of hydrogen-bond donors (Lipinski definition) is 1. The SMILES string of the molecule is Cc1cccc(CNCc2ccc(OCCC(C)C)cc2)n1. The van der Waals surface area contributed by atoms with Gasteiger partial charge in [0.1, 0.15) is 5.75 Å². The van der Waals surface area contributed by atoms with Crippen LogP contribution in [0.5, 0.6) is 5.75 Å². The summed E-state index contributed by atoms with van der Waals surface area (Å²) in [6.07, 6.45) is 1.09. The zero-order valence-electron chi connectivity index (χ0n) is 13.8. The summed E-state index contributed by atoms with van der Waals surface area (Å²) in [5.41, 5.74) is 3.39. The van der Waals surface area contributed by atoms with Crippen molar-refractivity contribution in [3.63, 3.8) is 0 Å². The lowest BCUT2D eigenvalue weighted by Gasteiger charge is -2.09. The fourth-order valence-corrected chi connectivity index (χ4v) is 2.15. The quantitative estimate of drug-likeness (QED) is 0.796. The molecule has 0 unspecified atom stereocenters. The molecule has 1 aromatic carbocycles. The highest BCUT2D eigenvalue weighted by Gasteiger charge is 1.99. The molecule has 1 N–H and O–H groups in total. The number of benzene rings is 1. The molecule has 22 heavy (non-hydrogen) atoms.